The van der Waals surface area contributed by atoms with Gasteiger partial charge in [0, 0.05) is 6.04 Å². The summed E-state index contributed by atoms with van der Waals surface area (Å²) in [5, 5.41) is 2.48. The number of carbonyl (C=O) groups is 1. The van der Waals surface area contributed by atoms with Gasteiger partial charge in [0.05, 0.1) is 23.5 Å². The Morgan fingerprint density at radius 3 is 2.56 bits per heavy atom. The third-order valence-corrected chi connectivity index (χ3v) is 2.84. The largest absolute Gasteiger partial charge is 0.416 e. The lowest BCUT2D eigenvalue weighted by molar-refractivity contribution is -0.137. The third kappa shape index (κ3) is 2.27. The molecule has 6 heteroatoms. The number of benzene rings is 1. The number of halogens is 3. The topological polar surface area (TPSA) is 32.3 Å². The minimum atomic E-state index is -4.40. The molecule has 0 atom stereocenters. The van der Waals surface area contributed by atoms with E-state index in [2.05, 4.69) is 5.32 Å². The van der Waals surface area contributed by atoms with Crippen LogP contribution in [0.2, 0.25) is 0 Å². The highest BCUT2D eigenvalue weighted by molar-refractivity contribution is 6.01. The van der Waals surface area contributed by atoms with Gasteiger partial charge in [-0.3, -0.25) is 4.79 Å². The number of carbonyl (C=O) groups excluding carboxylic acids is 1. The van der Waals surface area contributed by atoms with Crippen molar-refractivity contribution in [2.75, 3.05) is 16.8 Å². The zero-order valence-electron chi connectivity index (χ0n) is 10.0. The average molecular weight is 258 g/mol. The van der Waals surface area contributed by atoms with Gasteiger partial charge >= 0.3 is 6.18 Å². The fraction of sp³-hybridized carbons (Fsp3) is 0.417. The van der Waals surface area contributed by atoms with Crippen LogP contribution in [0.25, 0.3) is 0 Å². The molecule has 0 spiro atoms. The number of rotatable bonds is 1. The normalized spacial score (nSPS) is 15.7. The first-order valence-electron chi connectivity index (χ1n) is 5.57. The van der Waals surface area contributed by atoms with Crippen molar-refractivity contribution in [3.8, 4) is 0 Å². The van der Waals surface area contributed by atoms with Crippen molar-refractivity contribution < 1.29 is 18.0 Å². The molecule has 1 aliphatic rings. The highest BCUT2D eigenvalue weighted by Crippen LogP contribution is 2.37. The Kier molecular flexibility index (Phi) is 2.96. The molecule has 1 aliphatic heterocycles. The summed E-state index contributed by atoms with van der Waals surface area (Å²) in [7, 11) is 0. The first-order chi connectivity index (χ1) is 8.29. The van der Waals surface area contributed by atoms with Crippen LogP contribution in [0.5, 0.6) is 0 Å². The van der Waals surface area contributed by atoms with Gasteiger partial charge in [0.1, 0.15) is 0 Å². The molecule has 3 nitrogen and oxygen atoms in total. The highest BCUT2D eigenvalue weighted by atomic mass is 19.4. The second-order valence-corrected chi connectivity index (χ2v) is 4.50. The smallest absolute Gasteiger partial charge is 0.358 e. The van der Waals surface area contributed by atoms with Crippen LogP contribution in [0.1, 0.15) is 19.4 Å². The molecule has 98 valence electrons. The molecule has 0 aliphatic carbocycles. The average Bonchev–Trinajstić information content (AvgIpc) is 2.25. The molecule has 0 saturated heterocycles. The van der Waals surface area contributed by atoms with Crippen LogP contribution < -0.4 is 10.2 Å². The summed E-state index contributed by atoms with van der Waals surface area (Å²) in [5.74, 6) is -0.296. The van der Waals surface area contributed by atoms with E-state index in [9.17, 15) is 18.0 Å². The fourth-order valence-electron chi connectivity index (χ4n) is 1.95. The van der Waals surface area contributed by atoms with Crippen LogP contribution in [0.3, 0.4) is 0 Å². The molecule has 0 bridgehead atoms. The zero-order valence-corrected chi connectivity index (χ0v) is 10.0. The van der Waals surface area contributed by atoms with Crippen molar-refractivity contribution in [1.82, 2.24) is 0 Å². The number of hydrogen-bond donors (Lipinski definition) is 1. The predicted molar refractivity (Wildman–Crippen MR) is 62.6 cm³/mol. The van der Waals surface area contributed by atoms with Crippen molar-refractivity contribution in [3.05, 3.63) is 23.8 Å². The number of nitrogens with one attached hydrogen (secondary N) is 1. The molecule has 18 heavy (non-hydrogen) atoms. The molecule has 1 N–H and O–H groups in total. The van der Waals surface area contributed by atoms with Crippen molar-refractivity contribution >= 4 is 17.3 Å². The summed E-state index contributed by atoms with van der Waals surface area (Å²) >= 11 is 0. The SMILES string of the molecule is CC(C)N1CC(=O)Nc2cc(C(F)(F)F)ccc21. The molecule has 1 amide bonds. The monoisotopic (exact) mass is 258 g/mol. The Hall–Kier alpha value is -1.72. The molecule has 0 fully saturated rings. The van der Waals surface area contributed by atoms with Crippen molar-refractivity contribution in [3.63, 3.8) is 0 Å². The summed E-state index contributed by atoms with van der Waals surface area (Å²) in [5.41, 5.74) is 0.0829. The van der Waals surface area contributed by atoms with E-state index in [1.54, 1.807) is 4.90 Å². The number of alkyl halides is 3. The number of nitrogens with zero attached hydrogens (tertiary/aromatic N) is 1. The third-order valence-electron chi connectivity index (χ3n) is 2.84. The Balaban J connectivity index is 2.47. The van der Waals surface area contributed by atoms with Gasteiger partial charge in [-0.2, -0.15) is 13.2 Å². The Bertz CT molecular complexity index is 483. The molecule has 0 radical (unpaired) electrons. The summed E-state index contributed by atoms with van der Waals surface area (Å²) in [6.07, 6.45) is -4.40. The number of fused-ring (bicyclic) bond motifs is 1. The standard InChI is InChI=1S/C12H13F3N2O/c1-7(2)17-6-11(18)16-9-5-8(12(13,14)15)3-4-10(9)17/h3-5,7H,6H2,1-2H3,(H,16,18). The maximum absolute atomic E-state index is 12.6. The second kappa shape index (κ2) is 4.19. The minimum absolute atomic E-state index is 0.0477. The molecule has 1 aromatic rings. The molecule has 0 aromatic heterocycles. The molecular formula is C12H13F3N2O. The van der Waals surface area contributed by atoms with Crippen molar-refractivity contribution in [2.45, 2.75) is 26.1 Å². The first kappa shape index (κ1) is 12.7. The van der Waals surface area contributed by atoms with Gasteiger partial charge < -0.3 is 10.2 Å². The summed E-state index contributed by atoms with van der Waals surface area (Å²) in [6, 6.07) is 3.46. The van der Waals surface area contributed by atoms with E-state index in [-0.39, 0.29) is 24.2 Å². The van der Waals surface area contributed by atoms with Gasteiger partial charge in [0.15, 0.2) is 0 Å². The molecule has 1 heterocycles. The van der Waals surface area contributed by atoms with Gasteiger partial charge in [0.2, 0.25) is 5.91 Å². The van der Waals surface area contributed by atoms with E-state index in [1.165, 1.54) is 6.07 Å². The van der Waals surface area contributed by atoms with Gasteiger partial charge in [-0.1, -0.05) is 0 Å². The van der Waals surface area contributed by atoms with Crippen molar-refractivity contribution in [1.29, 1.82) is 0 Å². The van der Waals surface area contributed by atoms with E-state index in [0.29, 0.717) is 5.69 Å². The van der Waals surface area contributed by atoms with Crippen LogP contribution >= 0.6 is 0 Å². The fourth-order valence-corrected chi connectivity index (χ4v) is 1.95. The van der Waals surface area contributed by atoms with E-state index >= 15 is 0 Å². The molecule has 0 unspecified atom stereocenters. The van der Waals surface area contributed by atoms with Crippen LogP contribution in [0, 0.1) is 0 Å². The maximum atomic E-state index is 12.6. The van der Waals surface area contributed by atoms with E-state index < -0.39 is 11.7 Å². The van der Waals surface area contributed by atoms with Gasteiger partial charge in [0.25, 0.3) is 0 Å². The van der Waals surface area contributed by atoms with Gasteiger partial charge in [-0.25, -0.2) is 0 Å². The van der Waals surface area contributed by atoms with Crippen LogP contribution in [-0.4, -0.2) is 18.5 Å². The predicted octanol–water partition coefficient (Wildman–Crippen LogP) is 2.87. The highest BCUT2D eigenvalue weighted by Gasteiger charge is 2.33. The van der Waals surface area contributed by atoms with Crippen LogP contribution in [0.15, 0.2) is 18.2 Å². The molecule has 1 aromatic carbocycles. The van der Waals surface area contributed by atoms with Crippen LogP contribution in [0.4, 0.5) is 24.5 Å². The van der Waals surface area contributed by atoms with E-state index in [0.717, 1.165) is 12.1 Å². The quantitative estimate of drug-likeness (QED) is 0.840. The number of anilines is 2. The lowest BCUT2D eigenvalue weighted by Crippen LogP contribution is -2.42. The zero-order chi connectivity index (χ0) is 13.5. The van der Waals surface area contributed by atoms with E-state index in [1.807, 2.05) is 13.8 Å². The molecule has 2 rings (SSSR count). The van der Waals surface area contributed by atoms with Gasteiger partial charge in [-0.15, -0.1) is 0 Å². The Morgan fingerprint density at radius 1 is 1.33 bits per heavy atom. The maximum Gasteiger partial charge on any atom is 0.416 e. The van der Waals surface area contributed by atoms with Crippen molar-refractivity contribution in [2.24, 2.45) is 0 Å². The number of hydrogen-bond acceptors (Lipinski definition) is 2. The van der Waals surface area contributed by atoms with Crippen LogP contribution in [-0.2, 0) is 11.0 Å². The second-order valence-electron chi connectivity index (χ2n) is 4.50. The molecular weight excluding hydrogens is 245 g/mol. The lowest BCUT2D eigenvalue weighted by atomic mass is 10.1. The Morgan fingerprint density at radius 2 is 2.00 bits per heavy atom. The first-order valence-corrected chi connectivity index (χ1v) is 5.57. The summed E-state index contributed by atoms with van der Waals surface area (Å²) in [4.78, 5) is 13.2. The minimum Gasteiger partial charge on any atom is -0.358 e. The summed E-state index contributed by atoms with van der Waals surface area (Å²) < 4.78 is 37.8. The number of amides is 1. The lowest BCUT2D eigenvalue weighted by Gasteiger charge is -2.34. The van der Waals surface area contributed by atoms with E-state index in [4.69, 9.17) is 0 Å². The van der Waals surface area contributed by atoms with Gasteiger partial charge in [-0.05, 0) is 32.0 Å². The Labute approximate surface area is 103 Å². The molecule has 0 saturated carbocycles. The summed E-state index contributed by atoms with van der Waals surface area (Å²) in [6.45, 7) is 3.94.